The second-order valence-corrected chi connectivity index (χ2v) is 31.5. The van der Waals surface area contributed by atoms with Crippen molar-refractivity contribution in [3.05, 3.63) is 402 Å². The van der Waals surface area contributed by atoms with E-state index in [1.807, 2.05) is 80.2 Å². The lowest BCUT2D eigenvalue weighted by atomic mass is 9.85. The maximum atomic E-state index is 4.80. The molecule has 112 heavy (non-hydrogen) atoms. The molecule has 0 saturated heterocycles. The van der Waals surface area contributed by atoms with Crippen molar-refractivity contribution in [2.45, 2.75) is 77.0 Å². The predicted molar refractivity (Wildman–Crippen MR) is 442 cm³/mol. The van der Waals surface area contributed by atoms with Gasteiger partial charge < -0.3 is 4.90 Å². The summed E-state index contributed by atoms with van der Waals surface area (Å²) in [7, 11) is 0. The number of pyridine rings is 8. The average Bonchev–Trinajstić information content (AvgIpc) is 1.28. The summed E-state index contributed by atoms with van der Waals surface area (Å²) >= 11 is 0. The van der Waals surface area contributed by atoms with Gasteiger partial charge in [-0.2, -0.15) is 0 Å². The predicted octanol–water partition coefficient (Wildman–Crippen LogP) is 21.3. The number of anilines is 12. The number of fused-ring (bicyclic) bond motifs is 32. The lowest BCUT2D eigenvalue weighted by Crippen LogP contribution is -2.26. The van der Waals surface area contributed by atoms with Gasteiger partial charge in [0.15, 0.2) is 0 Å². The minimum Gasteiger partial charge on any atom is -0.306 e. The van der Waals surface area contributed by atoms with Gasteiger partial charge in [0, 0.05) is 113 Å². The molecule has 528 valence electrons. The van der Waals surface area contributed by atoms with Crippen molar-refractivity contribution in [2.24, 2.45) is 0 Å². The fraction of sp³-hybridized carbons (Fsp3) is 0.120. The lowest BCUT2D eigenvalue weighted by Gasteiger charge is -2.39. The van der Waals surface area contributed by atoms with Crippen molar-refractivity contribution in [3.63, 3.8) is 0 Å². The largest absolute Gasteiger partial charge is 0.306 e. The van der Waals surface area contributed by atoms with Crippen molar-refractivity contribution in [3.8, 4) is 44.5 Å². The Morgan fingerprint density at radius 2 is 0.518 bits per heavy atom. The zero-order valence-electron chi connectivity index (χ0n) is 61.3. The summed E-state index contributed by atoms with van der Waals surface area (Å²) in [4.78, 5) is 47.2. The number of benzene rings is 8. The van der Waals surface area contributed by atoms with Gasteiger partial charge in [0.1, 0.15) is 17.5 Å². The lowest BCUT2D eigenvalue weighted by molar-refractivity contribution is 0.939. The normalized spacial score (nSPS) is 14.6. The van der Waals surface area contributed by atoms with Gasteiger partial charge in [-0.15, -0.1) is 0 Å². The molecule has 8 aliphatic heterocycles. The molecule has 0 atom stereocenters. The smallest absolute Gasteiger partial charge is 0.141 e. The van der Waals surface area contributed by atoms with E-state index in [0.717, 1.165) is 100 Å². The highest BCUT2D eigenvalue weighted by molar-refractivity contribution is 5.99. The SMILES string of the molecule is c1ccc2c(c1)Cc1ccc3c(c1-2)Cc1ccnc2c1N3c1ncccc1C2.c1ccc2c(c1)Cc1ccc3c(c1-2)Cc1cncc2c1N3c1ncccc1C2.c1ccc2c(c1)Cc1ccc3c(c1-2)Cc1nccc2c1N3c1cnccc1C2.c1ccc2c(c1)Cc1ccc3c(c1-2)Cc1nccc2c1N3c1ncccc1C2. The van der Waals surface area contributed by atoms with Crippen molar-refractivity contribution >= 4 is 68.6 Å². The first-order valence-corrected chi connectivity index (χ1v) is 39.3. The van der Waals surface area contributed by atoms with E-state index in [1.165, 1.54) is 224 Å². The van der Waals surface area contributed by atoms with E-state index < -0.39 is 0 Å². The highest BCUT2D eigenvalue weighted by Crippen LogP contribution is 2.59. The van der Waals surface area contributed by atoms with Crippen molar-refractivity contribution in [2.75, 3.05) is 19.6 Å². The molecule has 12 aliphatic rings. The molecule has 12 nitrogen and oxygen atoms in total. The van der Waals surface area contributed by atoms with Crippen LogP contribution in [0.2, 0.25) is 0 Å². The molecule has 0 bridgehead atoms. The van der Waals surface area contributed by atoms with Gasteiger partial charge >= 0.3 is 0 Å². The van der Waals surface area contributed by atoms with Gasteiger partial charge in [-0.1, -0.05) is 140 Å². The summed E-state index contributed by atoms with van der Waals surface area (Å²) < 4.78 is 0. The molecule has 0 saturated carbocycles. The van der Waals surface area contributed by atoms with Crippen LogP contribution in [0.3, 0.4) is 0 Å². The number of nitrogens with zero attached hydrogens (tertiary/aromatic N) is 12. The molecule has 4 aliphatic carbocycles. The molecule has 0 unspecified atom stereocenters. The summed E-state index contributed by atoms with van der Waals surface area (Å²) in [5.74, 6) is 3.17. The molecule has 12 heteroatoms. The number of rotatable bonds is 0. The van der Waals surface area contributed by atoms with Gasteiger partial charge in [0.2, 0.25) is 0 Å². The molecule has 0 spiro atoms. The second-order valence-electron chi connectivity index (χ2n) is 31.5. The van der Waals surface area contributed by atoms with Crippen LogP contribution in [0.1, 0.15) is 134 Å². The van der Waals surface area contributed by atoms with Crippen LogP contribution in [-0.2, 0) is 77.0 Å². The van der Waals surface area contributed by atoms with Crippen LogP contribution in [0.4, 0.5) is 68.6 Å². The Hall–Kier alpha value is -13.8. The van der Waals surface area contributed by atoms with E-state index in [1.54, 1.807) is 0 Å². The zero-order chi connectivity index (χ0) is 73.0. The third-order valence-corrected chi connectivity index (χ3v) is 25.6. The average molecular weight is 1440 g/mol. The fourth-order valence-corrected chi connectivity index (χ4v) is 21.1. The molecule has 28 rings (SSSR count). The monoisotopic (exact) mass is 1440 g/mol. The summed E-state index contributed by atoms with van der Waals surface area (Å²) in [5.41, 5.74) is 54.9. The third kappa shape index (κ3) is 9.05. The molecule has 8 aromatic heterocycles. The van der Waals surface area contributed by atoms with Crippen LogP contribution in [0, 0.1) is 0 Å². The summed E-state index contributed by atoms with van der Waals surface area (Å²) in [6.07, 6.45) is 31.0. The Labute approximate surface area is 647 Å². The molecule has 16 heterocycles. The number of hydrogen-bond acceptors (Lipinski definition) is 12. The molecule has 0 amide bonds. The van der Waals surface area contributed by atoms with E-state index in [-0.39, 0.29) is 0 Å². The molecule has 0 fully saturated rings. The first-order chi connectivity index (χ1) is 55.5. The van der Waals surface area contributed by atoms with Crippen LogP contribution in [0.15, 0.2) is 268 Å². The van der Waals surface area contributed by atoms with Crippen LogP contribution in [-0.4, -0.2) is 39.9 Å². The third-order valence-electron chi connectivity index (χ3n) is 25.6. The standard InChI is InChI=1S/4C25H17N3/c1-2-6-19-15(4-1)12-16-7-8-22-20(23(16)19)13-17-9-11-26-21-14-18-5-3-10-27-25(18)28(22)24(17)21;1-2-6-19-15(4-1)12-16-7-8-22-20(23(16)19)14-21-24-17(9-11-26-21)13-18-5-3-10-27-25(18)28(22)24;1-2-6-20-15(4-1)10-16-7-8-22-21(23(16)20)12-19-14-26-13-18-11-17-5-3-9-27-25(17)28(22)24(18)19;1-2-4-19-15(3-1)11-17-5-6-22-20(24(17)19)13-21-25-18(8-10-27-21)12-16-7-9-26-14-23(16)28(22)25/h2*1-11H,12-14H2;1-9,13-14H,10-12H2;1-10,14H,11-13H2. The molecule has 0 N–H and O–H groups in total. The first-order valence-electron chi connectivity index (χ1n) is 39.3. The van der Waals surface area contributed by atoms with E-state index in [0.29, 0.717) is 0 Å². The van der Waals surface area contributed by atoms with Crippen molar-refractivity contribution in [1.29, 1.82) is 0 Å². The van der Waals surface area contributed by atoms with E-state index >= 15 is 0 Å². The van der Waals surface area contributed by atoms with E-state index in [4.69, 9.17) is 29.9 Å². The van der Waals surface area contributed by atoms with Crippen LogP contribution < -0.4 is 19.6 Å². The Balaban J connectivity index is 0.0000000847. The molecule has 16 aromatic rings. The Morgan fingerprint density at radius 1 is 0.188 bits per heavy atom. The molecule has 8 aromatic carbocycles. The van der Waals surface area contributed by atoms with Crippen LogP contribution in [0.5, 0.6) is 0 Å². The van der Waals surface area contributed by atoms with Gasteiger partial charge in [0.05, 0.1) is 74.5 Å². The Bertz CT molecular complexity index is 6040. The molecular formula is C100H68N12. The van der Waals surface area contributed by atoms with Crippen molar-refractivity contribution < 1.29 is 0 Å². The fourth-order valence-electron chi connectivity index (χ4n) is 21.1. The molecule has 0 radical (unpaired) electrons. The van der Waals surface area contributed by atoms with E-state index in [9.17, 15) is 0 Å². The van der Waals surface area contributed by atoms with Crippen LogP contribution in [0.25, 0.3) is 44.5 Å². The number of hydrogen-bond donors (Lipinski definition) is 0. The van der Waals surface area contributed by atoms with Crippen molar-refractivity contribution in [1.82, 2.24) is 39.9 Å². The Kier molecular flexibility index (Phi) is 13.2. The van der Waals surface area contributed by atoms with Gasteiger partial charge in [-0.3, -0.25) is 39.6 Å². The second kappa shape index (κ2) is 23.8. The first kappa shape index (κ1) is 62.1. The highest BCUT2D eigenvalue weighted by atomic mass is 15.2. The topological polar surface area (TPSA) is 116 Å². The minimum absolute atomic E-state index is 0.853. The van der Waals surface area contributed by atoms with Gasteiger partial charge in [-0.25, -0.2) is 15.0 Å². The number of aromatic nitrogens is 8. The highest BCUT2D eigenvalue weighted by Gasteiger charge is 2.42. The van der Waals surface area contributed by atoms with Gasteiger partial charge in [0.25, 0.3) is 0 Å². The maximum Gasteiger partial charge on any atom is 0.141 e. The summed E-state index contributed by atoms with van der Waals surface area (Å²) in [6.45, 7) is 0. The quantitative estimate of drug-likeness (QED) is 0.144. The van der Waals surface area contributed by atoms with Crippen LogP contribution >= 0.6 is 0 Å². The zero-order valence-corrected chi connectivity index (χ0v) is 61.3. The van der Waals surface area contributed by atoms with Gasteiger partial charge in [-0.05, 0) is 248 Å². The summed E-state index contributed by atoms with van der Waals surface area (Å²) in [5, 5.41) is 0. The maximum absolute atomic E-state index is 4.80. The Morgan fingerprint density at radius 3 is 0.982 bits per heavy atom. The summed E-state index contributed by atoms with van der Waals surface area (Å²) in [6, 6.07) is 75.1. The minimum atomic E-state index is 0.853. The van der Waals surface area contributed by atoms with E-state index in [2.05, 4.69) is 218 Å². The molecular weight excluding hydrogens is 1370 g/mol.